The summed E-state index contributed by atoms with van der Waals surface area (Å²) in [6.07, 6.45) is 5.89. The number of aromatic nitrogens is 2. The highest BCUT2D eigenvalue weighted by molar-refractivity contribution is 5.75. The summed E-state index contributed by atoms with van der Waals surface area (Å²) in [5, 5.41) is 5.10. The molecule has 1 amide bonds. The van der Waals surface area contributed by atoms with Crippen LogP contribution in [0.25, 0.3) is 0 Å². The summed E-state index contributed by atoms with van der Waals surface area (Å²) in [5.41, 5.74) is -0.267. The zero-order valence-corrected chi connectivity index (χ0v) is 8.95. The van der Waals surface area contributed by atoms with Gasteiger partial charge >= 0.3 is 6.03 Å². The molecule has 0 aliphatic carbocycles. The van der Waals surface area contributed by atoms with Crippen LogP contribution in [-0.4, -0.2) is 22.4 Å². The predicted molar refractivity (Wildman–Crippen MR) is 58.0 cm³/mol. The molecule has 0 atom stereocenters. The van der Waals surface area contributed by atoms with Crippen molar-refractivity contribution in [3.05, 3.63) is 22.6 Å². The second kappa shape index (κ2) is 6.06. The highest BCUT2D eigenvalue weighted by Crippen LogP contribution is 1.96. The molecule has 5 nitrogen and oxygen atoms in total. The number of hydrogen-bond donors (Lipinski definition) is 2. The van der Waals surface area contributed by atoms with Crippen molar-refractivity contribution in [2.45, 2.75) is 32.6 Å². The predicted octanol–water partition coefficient (Wildman–Crippen LogP) is 1.31. The lowest BCUT2D eigenvalue weighted by Gasteiger charge is -2.04. The van der Waals surface area contributed by atoms with Crippen LogP contribution in [0, 0.1) is 0 Å². The van der Waals surface area contributed by atoms with Gasteiger partial charge in [0.1, 0.15) is 0 Å². The Balaban J connectivity index is 2.22. The fourth-order valence-electron chi connectivity index (χ4n) is 1.29. The Labute approximate surface area is 88.5 Å². The summed E-state index contributed by atoms with van der Waals surface area (Å²) in [5.74, 6) is 0. The molecule has 0 radical (unpaired) electrons. The second-order valence-corrected chi connectivity index (χ2v) is 3.45. The van der Waals surface area contributed by atoms with Gasteiger partial charge in [-0.2, -0.15) is 0 Å². The second-order valence-electron chi connectivity index (χ2n) is 3.45. The van der Waals surface area contributed by atoms with Gasteiger partial charge in [0.2, 0.25) is 0 Å². The Morgan fingerprint density at radius 2 is 2.27 bits per heavy atom. The third-order valence-electron chi connectivity index (χ3n) is 2.13. The van der Waals surface area contributed by atoms with Crippen molar-refractivity contribution < 1.29 is 4.79 Å². The quantitative estimate of drug-likeness (QED) is 0.721. The highest BCUT2D eigenvalue weighted by Gasteiger charge is 2.02. The molecule has 0 aliphatic heterocycles. The molecule has 84 valence electrons. The SMILES string of the molecule is CCCCCCNC(=O)n1ccc(=O)[nH]1. The maximum Gasteiger partial charge on any atom is 0.340 e. The van der Waals surface area contributed by atoms with E-state index < -0.39 is 0 Å². The van der Waals surface area contributed by atoms with E-state index in [-0.39, 0.29) is 11.6 Å². The molecule has 0 aliphatic rings. The van der Waals surface area contributed by atoms with E-state index in [4.69, 9.17) is 0 Å². The summed E-state index contributed by atoms with van der Waals surface area (Å²) in [6.45, 7) is 2.79. The Morgan fingerprint density at radius 1 is 1.47 bits per heavy atom. The minimum absolute atomic E-state index is 0.267. The Hall–Kier alpha value is -1.52. The molecule has 0 unspecified atom stereocenters. The Morgan fingerprint density at radius 3 is 2.87 bits per heavy atom. The number of aromatic amines is 1. The third-order valence-corrected chi connectivity index (χ3v) is 2.13. The van der Waals surface area contributed by atoms with Crippen LogP contribution in [0.2, 0.25) is 0 Å². The van der Waals surface area contributed by atoms with Crippen LogP contribution in [0.15, 0.2) is 17.1 Å². The first-order chi connectivity index (χ1) is 7.24. The van der Waals surface area contributed by atoms with E-state index in [0.29, 0.717) is 6.54 Å². The zero-order chi connectivity index (χ0) is 11.1. The molecular weight excluding hydrogens is 194 g/mol. The van der Waals surface area contributed by atoms with Crippen molar-refractivity contribution in [2.24, 2.45) is 0 Å². The van der Waals surface area contributed by atoms with Crippen molar-refractivity contribution in [1.29, 1.82) is 0 Å². The molecule has 1 heterocycles. The first-order valence-electron chi connectivity index (χ1n) is 5.30. The topological polar surface area (TPSA) is 66.9 Å². The van der Waals surface area contributed by atoms with E-state index in [2.05, 4.69) is 17.3 Å². The van der Waals surface area contributed by atoms with E-state index in [9.17, 15) is 9.59 Å². The molecule has 2 N–H and O–H groups in total. The zero-order valence-electron chi connectivity index (χ0n) is 8.95. The molecule has 1 rings (SSSR count). The number of amides is 1. The molecule has 15 heavy (non-hydrogen) atoms. The number of nitrogens with one attached hydrogen (secondary N) is 2. The number of rotatable bonds is 5. The highest BCUT2D eigenvalue weighted by atomic mass is 16.2. The molecule has 1 aromatic rings. The summed E-state index contributed by atoms with van der Waals surface area (Å²) in [6, 6.07) is 1.03. The van der Waals surface area contributed by atoms with E-state index in [1.807, 2.05) is 0 Å². The lowest BCUT2D eigenvalue weighted by molar-refractivity contribution is 0.239. The molecule has 0 saturated heterocycles. The van der Waals surface area contributed by atoms with Gasteiger partial charge in [0, 0.05) is 18.8 Å². The van der Waals surface area contributed by atoms with Crippen LogP contribution in [0.5, 0.6) is 0 Å². The van der Waals surface area contributed by atoms with Gasteiger partial charge < -0.3 is 5.32 Å². The van der Waals surface area contributed by atoms with Crippen molar-refractivity contribution in [1.82, 2.24) is 15.1 Å². The fourth-order valence-corrected chi connectivity index (χ4v) is 1.29. The number of nitrogens with zero attached hydrogens (tertiary/aromatic N) is 1. The average Bonchev–Trinajstić information content (AvgIpc) is 2.64. The van der Waals surface area contributed by atoms with Crippen molar-refractivity contribution in [3.63, 3.8) is 0 Å². The minimum Gasteiger partial charge on any atom is -0.336 e. The molecule has 0 bridgehead atoms. The van der Waals surface area contributed by atoms with E-state index in [0.717, 1.165) is 17.5 Å². The Bertz CT molecular complexity index is 354. The molecule has 0 spiro atoms. The number of unbranched alkanes of at least 4 members (excludes halogenated alkanes) is 3. The number of carbonyl (C=O) groups is 1. The van der Waals surface area contributed by atoms with Crippen LogP contribution >= 0.6 is 0 Å². The van der Waals surface area contributed by atoms with Gasteiger partial charge in [-0.05, 0) is 6.42 Å². The van der Waals surface area contributed by atoms with Crippen LogP contribution in [-0.2, 0) is 0 Å². The monoisotopic (exact) mass is 211 g/mol. The van der Waals surface area contributed by atoms with Gasteiger partial charge in [-0.25, -0.2) is 9.48 Å². The maximum atomic E-state index is 11.4. The van der Waals surface area contributed by atoms with Gasteiger partial charge in [0.05, 0.1) is 0 Å². The van der Waals surface area contributed by atoms with Gasteiger partial charge in [0.25, 0.3) is 5.56 Å². The van der Waals surface area contributed by atoms with E-state index in [1.165, 1.54) is 25.1 Å². The Kier molecular flexibility index (Phi) is 4.66. The maximum absolute atomic E-state index is 11.4. The average molecular weight is 211 g/mol. The molecule has 0 saturated carbocycles. The first kappa shape index (κ1) is 11.6. The van der Waals surface area contributed by atoms with Gasteiger partial charge in [-0.3, -0.25) is 9.89 Å². The molecule has 0 fully saturated rings. The van der Waals surface area contributed by atoms with Crippen LogP contribution in [0.4, 0.5) is 4.79 Å². The van der Waals surface area contributed by atoms with E-state index >= 15 is 0 Å². The van der Waals surface area contributed by atoms with Gasteiger partial charge in [-0.15, -0.1) is 0 Å². The molecule has 0 aromatic carbocycles. The standard InChI is InChI=1S/C10H17N3O2/c1-2-3-4-5-7-11-10(15)13-8-6-9(14)12-13/h6,8H,2-5,7H2,1H3,(H,11,15)(H,12,14). The fraction of sp³-hybridized carbons (Fsp3) is 0.600. The molecular formula is C10H17N3O2. The molecule has 5 heteroatoms. The summed E-state index contributed by atoms with van der Waals surface area (Å²) in [7, 11) is 0. The smallest absolute Gasteiger partial charge is 0.336 e. The van der Waals surface area contributed by atoms with Gasteiger partial charge in [-0.1, -0.05) is 26.2 Å². The van der Waals surface area contributed by atoms with Crippen LogP contribution in [0.1, 0.15) is 32.6 Å². The summed E-state index contributed by atoms with van der Waals surface area (Å²) < 4.78 is 1.15. The largest absolute Gasteiger partial charge is 0.340 e. The molecule has 1 aromatic heterocycles. The number of hydrogen-bond acceptors (Lipinski definition) is 2. The minimum atomic E-state index is -0.284. The third kappa shape index (κ3) is 4.01. The van der Waals surface area contributed by atoms with Crippen molar-refractivity contribution in [2.75, 3.05) is 6.54 Å². The van der Waals surface area contributed by atoms with Crippen LogP contribution in [0.3, 0.4) is 0 Å². The van der Waals surface area contributed by atoms with Crippen LogP contribution < -0.4 is 10.9 Å². The first-order valence-corrected chi connectivity index (χ1v) is 5.30. The van der Waals surface area contributed by atoms with Crippen molar-refractivity contribution in [3.8, 4) is 0 Å². The van der Waals surface area contributed by atoms with Gasteiger partial charge in [0.15, 0.2) is 0 Å². The number of H-pyrrole nitrogens is 1. The number of carbonyl (C=O) groups excluding carboxylic acids is 1. The lowest BCUT2D eigenvalue weighted by atomic mass is 10.2. The van der Waals surface area contributed by atoms with E-state index in [1.54, 1.807) is 0 Å². The lowest BCUT2D eigenvalue weighted by Crippen LogP contribution is -2.30. The van der Waals surface area contributed by atoms with Crippen molar-refractivity contribution >= 4 is 6.03 Å². The normalized spacial score (nSPS) is 10.2. The summed E-state index contributed by atoms with van der Waals surface area (Å²) in [4.78, 5) is 22.1. The summed E-state index contributed by atoms with van der Waals surface area (Å²) >= 11 is 0.